The third-order valence-corrected chi connectivity index (χ3v) is 4.71. The molecule has 9 heteroatoms. The molecule has 25 heavy (non-hydrogen) atoms. The van der Waals surface area contributed by atoms with Crippen molar-refractivity contribution in [2.75, 3.05) is 11.5 Å². The van der Waals surface area contributed by atoms with E-state index in [0.717, 1.165) is 23.0 Å². The summed E-state index contributed by atoms with van der Waals surface area (Å²) < 4.78 is 2.15. The van der Waals surface area contributed by atoms with Crippen LogP contribution >= 0.6 is 11.8 Å². The van der Waals surface area contributed by atoms with Gasteiger partial charge in [-0.15, -0.1) is 10.2 Å². The summed E-state index contributed by atoms with van der Waals surface area (Å²) in [6.07, 6.45) is 0.969. The van der Waals surface area contributed by atoms with Gasteiger partial charge in [0.2, 0.25) is 11.9 Å². The fourth-order valence-corrected chi connectivity index (χ4v) is 3.28. The van der Waals surface area contributed by atoms with Gasteiger partial charge in [-0.05, 0) is 13.3 Å². The predicted octanol–water partition coefficient (Wildman–Crippen LogP) is 2.56. The van der Waals surface area contributed by atoms with E-state index in [1.54, 1.807) is 0 Å². The molecule has 0 fully saturated rings. The Balaban J connectivity index is 1.89. The lowest BCUT2D eigenvalue weighted by atomic mass is 10.2. The van der Waals surface area contributed by atoms with Crippen LogP contribution in [-0.2, 0) is 5.75 Å². The molecule has 8 nitrogen and oxygen atoms in total. The van der Waals surface area contributed by atoms with E-state index in [-0.39, 0.29) is 17.9 Å². The average Bonchev–Trinajstić information content (AvgIpc) is 3.03. The van der Waals surface area contributed by atoms with Gasteiger partial charge in [-0.3, -0.25) is 4.57 Å². The minimum atomic E-state index is 0.122. The maximum atomic E-state index is 5.62. The van der Waals surface area contributed by atoms with Crippen LogP contribution in [0.25, 0.3) is 11.4 Å². The standard InChI is InChI=1S/C16H20N8S/c1-3-10(2)24-13(11-7-5-4-6-8-11)22-23-16(24)25-9-12-19-14(17)21-15(18)20-12/h4-8,10H,3,9H2,1-2H3,(H4,17,18,19,20,21). The summed E-state index contributed by atoms with van der Waals surface area (Å²) in [5.74, 6) is 2.11. The first-order valence-corrected chi connectivity index (χ1v) is 8.96. The third-order valence-electron chi connectivity index (χ3n) is 3.77. The van der Waals surface area contributed by atoms with Crippen molar-refractivity contribution in [1.29, 1.82) is 0 Å². The maximum absolute atomic E-state index is 5.62. The van der Waals surface area contributed by atoms with Gasteiger partial charge in [0, 0.05) is 11.6 Å². The van der Waals surface area contributed by atoms with Crippen molar-refractivity contribution in [3.05, 3.63) is 36.2 Å². The SMILES string of the molecule is CCC(C)n1c(SCc2nc(N)nc(N)n2)nnc1-c1ccccc1. The van der Waals surface area contributed by atoms with Gasteiger partial charge in [0.05, 0.1) is 5.75 Å². The van der Waals surface area contributed by atoms with Crippen LogP contribution in [0.2, 0.25) is 0 Å². The molecule has 2 heterocycles. The second-order valence-corrected chi connectivity index (χ2v) is 6.50. The van der Waals surface area contributed by atoms with Crippen LogP contribution in [0.15, 0.2) is 35.5 Å². The number of benzene rings is 1. The highest BCUT2D eigenvalue weighted by Crippen LogP contribution is 2.30. The van der Waals surface area contributed by atoms with Gasteiger partial charge in [-0.25, -0.2) is 0 Å². The molecule has 1 aromatic carbocycles. The number of thioether (sulfide) groups is 1. The Hall–Kier alpha value is -2.68. The summed E-state index contributed by atoms with van der Waals surface area (Å²) in [4.78, 5) is 12.0. The summed E-state index contributed by atoms with van der Waals surface area (Å²) in [6.45, 7) is 4.29. The van der Waals surface area contributed by atoms with Gasteiger partial charge in [0.15, 0.2) is 11.0 Å². The molecule has 130 valence electrons. The van der Waals surface area contributed by atoms with Crippen molar-refractivity contribution in [1.82, 2.24) is 29.7 Å². The number of hydrogen-bond acceptors (Lipinski definition) is 8. The van der Waals surface area contributed by atoms with Crippen LogP contribution in [0, 0.1) is 0 Å². The first-order chi connectivity index (χ1) is 12.1. The number of nitrogen functional groups attached to an aromatic ring is 2. The van der Waals surface area contributed by atoms with E-state index in [1.807, 2.05) is 30.3 Å². The first-order valence-electron chi connectivity index (χ1n) is 7.97. The van der Waals surface area contributed by atoms with Crippen molar-refractivity contribution < 1.29 is 0 Å². The molecule has 0 spiro atoms. The Morgan fingerprint density at radius 3 is 2.36 bits per heavy atom. The normalized spacial score (nSPS) is 12.2. The lowest BCUT2D eigenvalue weighted by Gasteiger charge is -2.16. The van der Waals surface area contributed by atoms with Gasteiger partial charge in [0.1, 0.15) is 5.82 Å². The van der Waals surface area contributed by atoms with E-state index >= 15 is 0 Å². The van der Waals surface area contributed by atoms with Gasteiger partial charge < -0.3 is 11.5 Å². The quantitative estimate of drug-likeness (QED) is 0.646. The summed E-state index contributed by atoms with van der Waals surface area (Å²) in [5, 5.41) is 9.57. The number of anilines is 2. The zero-order chi connectivity index (χ0) is 17.8. The van der Waals surface area contributed by atoms with Gasteiger partial charge in [-0.1, -0.05) is 49.0 Å². The number of nitrogens with zero attached hydrogens (tertiary/aromatic N) is 6. The molecule has 3 aromatic rings. The molecular formula is C16H20N8S. The van der Waals surface area contributed by atoms with Gasteiger partial charge in [-0.2, -0.15) is 15.0 Å². The second-order valence-electron chi connectivity index (χ2n) is 5.56. The molecule has 1 atom stereocenters. The van der Waals surface area contributed by atoms with E-state index in [1.165, 1.54) is 11.8 Å². The predicted molar refractivity (Wildman–Crippen MR) is 98.7 cm³/mol. The van der Waals surface area contributed by atoms with Crippen LogP contribution < -0.4 is 11.5 Å². The molecule has 4 N–H and O–H groups in total. The fraction of sp³-hybridized carbons (Fsp3) is 0.312. The van der Waals surface area contributed by atoms with Crippen molar-refractivity contribution in [2.45, 2.75) is 37.2 Å². The van der Waals surface area contributed by atoms with Crippen molar-refractivity contribution in [2.24, 2.45) is 0 Å². The topological polar surface area (TPSA) is 121 Å². The van der Waals surface area contributed by atoms with Crippen molar-refractivity contribution in [3.8, 4) is 11.4 Å². The molecule has 0 saturated heterocycles. The Labute approximate surface area is 150 Å². The molecular weight excluding hydrogens is 336 g/mol. The lowest BCUT2D eigenvalue weighted by molar-refractivity contribution is 0.497. The van der Waals surface area contributed by atoms with Crippen LogP contribution in [-0.4, -0.2) is 29.7 Å². The van der Waals surface area contributed by atoms with E-state index in [0.29, 0.717) is 11.6 Å². The van der Waals surface area contributed by atoms with Crippen molar-refractivity contribution in [3.63, 3.8) is 0 Å². The third kappa shape index (κ3) is 3.87. The summed E-state index contributed by atoms with van der Waals surface area (Å²) in [5.41, 5.74) is 12.3. The Bertz CT molecular complexity index is 828. The zero-order valence-corrected chi connectivity index (χ0v) is 14.9. The molecule has 0 bridgehead atoms. The second kappa shape index (κ2) is 7.47. The number of aromatic nitrogens is 6. The van der Waals surface area contributed by atoms with E-state index in [4.69, 9.17) is 11.5 Å². The minimum absolute atomic E-state index is 0.122. The Morgan fingerprint density at radius 1 is 1.04 bits per heavy atom. The molecule has 0 saturated carbocycles. The number of hydrogen-bond donors (Lipinski definition) is 2. The highest BCUT2D eigenvalue weighted by Gasteiger charge is 2.18. The average molecular weight is 356 g/mol. The molecule has 0 radical (unpaired) electrons. The zero-order valence-electron chi connectivity index (χ0n) is 14.1. The summed E-state index contributed by atoms with van der Waals surface area (Å²) in [6, 6.07) is 10.3. The molecule has 1 unspecified atom stereocenters. The van der Waals surface area contributed by atoms with Crippen LogP contribution in [0.3, 0.4) is 0 Å². The maximum Gasteiger partial charge on any atom is 0.225 e. The fourth-order valence-electron chi connectivity index (χ4n) is 2.39. The van der Waals surface area contributed by atoms with Crippen LogP contribution in [0.5, 0.6) is 0 Å². The molecule has 3 rings (SSSR count). The van der Waals surface area contributed by atoms with Gasteiger partial charge in [0.25, 0.3) is 0 Å². The number of rotatable bonds is 6. The van der Waals surface area contributed by atoms with Crippen molar-refractivity contribution >= 4 is 23.7 Å². The highest BCUT2D eigenvalue weighted by atomic mass is 32.2. The molecule has 0 aliphatic heterocycles. The van der Waals surface area contributed by atoms with E-state index < -0.39 is 0 Å². The van der Waals surface area contributed by atoms with E-state index in [2.05, 4.69) is 43.6 Å². The smallest absolute Gasteiger partial charge is 0.225 e. The molecule has 2 aromatic heterocycles. The summed E-state index contributed by atoms with van der Waals surface area (Å²) in [7, 11) is 0. The molecule has 0 amide bonds. The minimum Gasteiger partial charge on any atom is -0.368 e. The monoisotopic (exact) mass is 356 g/mol. The summed E-state index contributed by atoms with van der Waals surface area (Å²) >= 11 is 1.50. The Kier molecular flexibility index (Phi) is 5.13. The van der Waals surface area contributed by atoms with Crippen LogP contribution in [0.4, 0.5) is 11.9 Å². The van der Waals surface area contributed by atoms with Gasteiger partial charge >= 0.3 is 0 Å². The lowest BCUT2D eigenvalue weighted by Crippen LogP contribution is -2.09. The molecule has 0 aliphatic carbocycles. The Morgan fingerprint density at radius 2 is 1.72 bits per heavy atom. The largest absolute Gasteiger partial charge is 0.368 e. The number of nitrogens with two attached hydrogens (primary N) is 2. The highest BCUT2D eigenvalue weighted by molar-refractivity contribution is 7.98. The first kappa shape index (κ1) is 17.2. The molecule has 0 aliphatic rings. The van der Waals surface area contributed by atoms with E-state index in [9.17, 15) is 0 Å². The van der Waals surface area contributed by atoms with Crippen LogP contribution in [0.1, 0.15) is 32.1 Å².